The number of hydrogen-bond acceptors (Lipinski definition) is 4. The minimum atomic E-state index is -3.54. The molecule has 18 heavy (non-hydrogen) atoms. The second-order valence-corrected chi connectivity index (χ2v) is 6.75. The van der Waals surface area contributed by atoms with E-state index in [1.165, 1.54) is 18.3 Å². The van der Waals surface area contributed by atoms with Gasteiger partial charge < -0.3 is 4.74 Å². The van der Waals surface area contributed by atoms with E-state index >= 15 is 0 Å². The number of nitrogens with zero attached hydrogens (tertiary/aromatic N) is 1. The minimum absolute atomic E-state index is 0.0158. The Balaban J connectivity index is 1.79. The molecule has 3 unspecified atom stereocenters. The van der Waals surface area contributed by atoms with Gasteiger partial charge in [0, 0.05) is 6.20 Å². The van der Waals surface area contributed by atoms with E-state index in [0.717, 1.165) is 19.3 Å². The maximum atomic E-state index is 12.2. The van der Waals surface area contributed by atoms with Gasteiger partial charge in [-0.25, -0.2) is 18.1 Å². The molecule has 0 radical (unpaired) electrons. The van der Waals surface area contributed by atoms with Crippen LogP contribution in [0, 0.1) is 0 Å². The van der Waals surface area contributed by atoms with E-state index in [4.69, 9.17) is 16.3 Å². The Labute approximate surface area is 111 Å². The van der Waals surface area contributed by atoms with Crippen LogP contribution < -0.4 is 4.72 Å². The molecule has 0 saturated carbocycles. The van der Waals surface area contributed by atoms with Gasteiger partial charge in [-0.2, -0.15) is 0 Å². The van der Waals surface area contributed by atoms with Crippen molar-refractivity contribution in [3.05, 3.63) is 23.5 Å². The highest BCUT2D eigenvalue weighted by Gasteiger charge is 2.42. The monoisotopic (exact) mass is 288 g/mol. The van der Waals surface area contributed by atoms with Crippen molar-refractivity contribution in [3.8, 4) is 0 Å². The Morgan fingerprint density at radius 1 is 1.44 bits per heavy atom. The molecule has 2 aliphatic rings. The molecule has 1 aromatic heterocycles. The molecule has 2 bridgehead atoms. The highest BCUT2D eigenvalue weighted by atomic mass is 35.5. The zero-order chi connectivity index (χ0) is 12.8. The predicted molar refractivity (Wildman–Crippen MR) is 65.9 cm³/mol. The van der Waals surface area contributed by atoms with Crippen LogP contribution in [0.15, 0.2) is 23.2 Å². The standard InChI is InChI=1S/C11H13ClN2O3S/c12-11-6-8(3-4-13-11)18(15,16)14-9-5-7-1-2-10(9)17-7/h3-4,6-7,9-10,14H,1-2,5H2. The first-order valence-electron chi connectivity index (χ1n) is 5.84. The van der Waals surface area contributed by atoms with Crippen molar-refractivity contribution in [2.45, 2.75) is 42.4 Å². The summed E-state index contributed by atoms with van der Waals surface area (Å²) in [6.45, 7) is 0. The van der Waals surface area contributed by atoms with E-state index in [2.05, 4.69) is 9.71 Å². The predicted octanol–water partition coefficient (Wildman–Crippen LogP) is 1.33. The van der Waals surface area contributed by atoms with E-state index in [1.54, 1.807) is 0 Å². The third-order valence-corrected chi connectivity index (χ3v) is 5.12. The average molecular weight is 289 g/mol. The fourth-order valence-corrected chi connectivity index (χ4v) is 4.11. The smallest absolute Gasteiger partial charge is 0.241 e. The number of aromatic nitrogens is 1. The van der Waals surface area contributed by atoms with Crippen LogP contribution in [0.25, 0.3) is 0 Å². The summed E-state index contributed by atoms with van der Waals surface area (Å²) in [5, 5.41) is 0.169. The van der Waals surface area contributed by atoms with Gasteiger partial charge in [-0.05, 0) is 31.4 Å². The fourth-order valence-electron chi connectivity index (χ4n) is 2.58. The summed E-state index contributed by atoms with van der Waals surface area (Å²) in [7, 11) is -3.54. The summed E-state index contributed by atoms with van der Waals surface area (Å²) in [4.78, 5) is 3.92. The SMILES string of the molecule is O=S(=O)(NC1CC2CCC1O2)c1ccnc(Cl)c1. The van der Waals surface area contributed by atoms with E-state index in [-0.39, 0.29) is 28.3 Å². The van der Waals surface area contributed by atoms with Crippen LogP contribution in [0.1, 0.15) is 19.3 Å². The Bertz CT molecular complexity index is 563. The average Bonchev–Trinajstić information content (AvgIpc) is 2.90. The molecule has 3 rings (SSSR count). The van der Waals surface area contributed by atoms with Crippen LogP contribution >= 0.6 is 11.6 Å². The maximum absolute atomic E-state index is 12.2. The van der Waals surface area contributed by atoms with Crippen LogP contribution in [0.5, 0.6) is 0 Å². The van der Waals surface area contributed by atoms with Crippen LogP contribution in [0.2, 0.25) is 5.15 Å². The molecule has 0 spiro atoms. The van der Waals surface area contributed by atoms with Crippen molar-refractivity contribution >= 4 is 21.6 Å². The molecule has 7 heteroatoms. The van der Waals surface area contributed by atoms with E-state index < -0.39 is 10.0 Å². The number of pyridine rings is 1. The van der Waals surface area contributed by atoms with Gasteiger partial charge in [0.2, 0.25) is 10.0 Å². The summed E-state index contributed by atoms with van der Waals surface area (Å²) in [6, 6.07) is 2.65. The molecule has 2 saturated heterocycles. The minimum Gasteiger partial charge on any atom is -0.373 e. The van der Waals surface area contributed by atoms with Gasteiger partial charge in [0.1, 0.15) is 5.15 Å². The largest absolute Gasteiger partial charge is 0.373 e. The topological polar surface area (TPSA) is 68.3 Å². The van der Waals surface area contributed by atoms with Gasteiger partial charge in [-0.3, -0.25) is 0 Å². The highest BCUT2D eigenvalue weighted by molar-refractivity contribution is 7.89. The number of rotatable bonds is 3. The number of sulfonamides is 1. The molecule has 0 aromatic carbocycles. The molecule has 98 valence electrons. The van der Waals surface area contributed by atoms with E-state index in [9.17, 15) is 8.42 Å². The molecule has 1 N–H and O–H groups in total. The Morgan fingerprint density at radius 3 is 2.89 bits per heavy atom. The molecule has 0 amide bonds. The molecule has 5 nitrogen and oxygen atoms in total. The van der Waals surface area contributed by atoms with Crippen molar-refractivity contribution in [3.63, 3.8) is 0 Å². The second-order valence-electron chi connectivity index (χ2n) is 4.65. The number of ether oxygens (including phenoxy) is 1. The van der Waals surface area contributed by atoms with Gasteiger partial charge in [0.25, 0.3) is 0 Å². The van der Waals surface area contributed by atoms with Crippen LogP contribution in [-0.4, -0.2) is 31.7 Å². The van der Waals surface area contributed by atoms with E-state index in [1.807, 2.05) is 0 Å². The van der Waals surface area contributed by atoms with Crippen molar-refractivity contribution < 1.29 is 13.2 Å². The molecule has 0 aliphatic carbocycles. The lowest BCUT2D eigenvalue weighted by Crippen LogP contribution is -2.41. The summed E-state index contributed by atoms with van der Waals surface area (Å²) < 4.78 is 32.6. The Hall–Kier alpha value is -0.690. The zero-order valence-electron chi connectivity index (χ0n) is 9.54. The first-order valence-corrected chi connectivity index (χ1v) is 7.70. The summed E-state index contributed by atoms with van der Waals surface area (Å²) >= 11 is 5.70. The van der Waals surface area contributed by atoms with Gasteiger partial charge in [0.05, 0.1) is 23.1 Å². The van der Waals surface area contributed by atoms with Crippen molar-refractivity contribution in [1.29, 1.82) is 0 Å². The molecule has 2 aliphatic heterocycles. The third kappa shape index (κ3) is 2.25. The summed E-state index contributed by atoms with van der Waals surface area (Å²) in [6.07, 6.45) is 4.32. The zero-order valence-corrected chi connectivity index (χ0v) is 11.1. The lowest BCUT2D eigenvalue weighted by Gasteiger charge is -2.19. The fraction of sp³-hybridized carbons (Fsp3) is 0.545. The lowest BCUT2D eigenvalue weighted by atomic mass is 9.96. The second kappa shape index (κ2) is 4.45. The Kier molecular flexibility index (Phi) is 3.05. The van der Waals surface area contributed by atoms with Gasteiger partial charge in [-0.1, -0.05) is 11.6 Å². The van der Waals surface area contributed by atoms with Crippen LogP contribution in [-0.2, 0) is 14.8 Å². The molecular weight excluding hydrogens is 276 g/mol. The number of fused-ring (bicyclic) bond motifs is 2. The molecule has 1 aromatic rings. The molecule has 2 fully saturated rings. The summed E-state index contributed by atoms with van der Waals surface area (Å²) in [5.74, 6) is 0. The molecular formula is C11H13ClN2O3S. The molecule has 3 atom stereocenters. The number of nitrogens with one attached hydrogen (secondary N) is 1. The Morgan fingerprint density at radius 2 is 2.28 bits per heavy atom. The van der Waals surface area contributed by atoms with Crippen molar-refractivity contribution in [2.75, 3.05) is 0 Å². The first-order chi connectivity index (χ1) is 8.54. The van der Waals surface area contributed by atoms with Gasteiger partial charge >= 0.3 is 0 Å². The normalized spacial score (nSPS) is 30.8. The highest BCUT2D eigenvalue weighted by Crippen LogP contribution is 2.35. The maximum Gasteiger partial charge on any atom is 0.241 e. The molecule has 3 heterocycles. The lowest BCUT2D eigenvalue weighted by molar-refractivity contribution is 0.0996. The van der Waals surface area contributed by atoms with Crippen molar-refractivity contribution in [1.82, 2.24) is 9.71 Å². The third-order valence-electron chi connectivity index (χ3n) is 3.42. The summed E-state index contributed by atoms with van der Waals surface area (Å²) in [5.41, 5.74) is 0. The van der Waals surface area contributed by atoms with Gasteiger partial charge in [0.15, 0.2) is 0 Å². The quantitative estimate of drug-likeness (QED) is 0.852. The first kappa shape index (κ1) is 12.3. The van der Waals surface area contributed by atoms with Gasteiger partial charge in [-0.15, -0.1) is 0 Å². The van der Waals surface area contributed by atoms with Crippen LogP contribution in [0.4, 0.5) is 0 Å². The van der Waals surface area contributed by atoms with Crippen LogP contribution in [0.3, 0.4) is 0 Å². The van der Waals surface area contributed by atoms with Crippen molar-refractivity contribution in [2.24, 2.45) is 0 Å². The van der Waals surface area contributed by atoms with E-state index in [0.29, 0.717) is 0 Å². The number of hydrogen-bond donors (Lipinski definition) is 1. The number of halogens is 1.